The molecule has 2 aromatic carbocycles. The van der Waals surface area contributed by atoms with Gasteiger partial charge in [-0.2, -0.15) is 5.10 Å². The molecule has 0 radical (unpaired) electrons. The lowest BCUT2D eigenvalue weighted by Gasteiger charge is -2.15. The SMILES string of the molecule is C/C(=N/NC(=O)CNc1ccc(C)cc1)c1ccc(N2CCCC2=O)cc1. The number of nitrogens with zero attached hydrogens (tertiary/aromatic N) is 2. The van der Waals surface area contributed by atoms with Crippen molar-refractivity contribution in [3.8, 4) is 0 Å². The van der Waals surface area contributed by atoms with E-state index in [1.807, 2.05) is 62.4 Å². The van der Waals surface area contributed by atoms with E-state index in [9.17, 15) is 9.59 Å². The first-order valence-electron chi connectivity index (χ1n) is 9.07. The van der Waals surface area contributed by atoms with Crippen molar-refractivity contribution in [2.75, 3.05) is 23.3 Å². The lowest BCUT2D eigenvalue weighted by Crippen LogP contribution is -2.26. The number of rotatable bonds is 6. The van der Waals surface area contributed by atoms with E-state index in [4.69, 9.17) is 0 Å². The Labute approximate surface area is 159 Å². The van der Waals surface area contributed by atoms with Crippen LogP contribution < -0.4 is 15.6 Å². The minimum atomic E-state index is -0.214. The Balaban J connectivity index is 1.52. The van der Waals surface area contributed by atoms with Gasteiger partial charge in [0.15, 0.2) is 0 Å². The molecule has 0 aliphatic carbocycles. The summed E-state index contributed by atoms with van der Waals surface area (Å²) in [4.78, 5) is 25.6. The molecule has 6 heteroatoms. The average molecular weight is 364 g/mol. The van der Waals surface area contributed by atoms with Gasteiger partial charge >= 0.3 is 0 Å². The van der Waals surface area contributed by atoms with E-state index in [1.54, 1.807) is 4.90 Å². The first-order valence-corrected chi connectivity index (χ1v) is 9.07. The first-order chi connectivity index (χ1) is 13.0. The van der Waals surface area contributed by atoms with Crippen molar-refractivity contribution < 1.29 is 9.59 Å². The third-order valence-electron chi connectivity index (χ3n) is 4.52. The largest absolute Gasteiger partial charge is 0.376 e. The van der Waals surface area contributed by atoms with Crippen LogP contribution in [0.1, 0.15) is 30.9 Å². The van der Waals surface area contributed by atoms with E-state index in [0.29, 0.717) is 12.1 Å². The third-order valence-corrected chi connectivity index (χ3v) is 4.52. The lowest BCUT2D eigenvalue weighted by molar-refractivity contribution is -0.119. The molecule has 1 heterocycles. The van der Waals surface area contributed by atoms with Crippen LogP contribution >= 0.6 is 0 Å². The van der Waals surface area contributed by atoms with Gasteiger partial charge in [-0.25, -0.2) is 5.43 Å². The summed E-state index contributed by atoms with van der Waals surface area (Å²) in [6.07, 6.45) is 1.52. The van der Waals surface area contributed by atoms with E-state index in [2.05, 4.69) is 15.8 Å². The third kappa shape index (κ3) is 4.94. The molecule has 6 nitrogen and oxygen atoms in total. The highest BCUT2D eigenvalue weighted by Crippen LogP contribution is 2.21. The second-order valence-corrected chi connectivity index (χ2v) is 6.65. The Morgan fingerprint density at radius 2 is 1.81 bits per heavy atom. The van der Waals surface area contributed by atoms with Gasteiger partial charge in [0.05, 0.1) is 12.3 Å². The van der Waals surface area contributed by atoms with Crippen LogP contribution in [0.4, 0.5) is 11.4 Å². The van der Waals surface area contributed by atoms with Crippen LogP contribution in [0.25, 0.3) is 0 Å². The van der Waals surface area contributed by atoms with Crippen LogP contribution in [0.3, 0.4) is 0 Å². The summed E-state index contributed by atoms with van der Waals surface area (Å²) in [5.74, 6) is -0.0457. The molecule has 27 heavy (non-hydrogen) atoms. The molecule has 0 aromatic heterocycles. The molecular weight excluding hydrogens is 340 g/mol. The number of carbonyl (C=O) groups excluding carboxylic acids is 2. The Morgan fingerprint density at radius 1 is 1.11 bits per heavy atom. The van der Waals surface area contributed by atoms with Gasteiger partial charge in [0.25, 0.3) is 5.91 Å². The predicted molar refractivity (Wildman–Crippen MR) is 108 cm³/mol. The van der Waals surface area contributed by atoms with Crippen molar-refractivity contribution >= 4 is 28.9 Å². The zero-order chi connectivity index (χ0) is 19.2. The molecule has 0 unspecified atom stereocenters. The van der Waals surface area contributed by atoms with Crippen LogP contribution in [-0.2, 0) is 9.59 Å². The van der Waals surface area contributed by atoms with Crippen LogP contribution in [0.15, 0.2) is 53.6 Å². The maximum atomic E-state index is 12.0. The topological polar surface area (TPSA) is 73.8 Å². The number of hydrazone groups is 1. The fraction of sp³-hybridized carbons (Fsp3) is 0.286. The van der Waals surface area contributed by atoms with Crippen molar-refractivity contribution in [2.45, 2.75) is 26.7 Å². The van der Waals surface area contributed by atoms with E-state index in [0.717, 1.165) is 29.9 Å². The van der Waals surface area contributed by atoms with Crippen LogP contribution in [0.5, 0.6) is 0 Å². The molecule has 1 saturated heterocycles. The minimum absolute atomic E-state index is 0.149. The molecule has 2 amide bonds. The van der Waals surface area contributed by atoms with Gasteiger partial charge in [-0.05, 0) is 50.1 Å². The fourth-order valence-corrected chi connectivity index (χ4v) is 2.91. The highest BCUT2D eigenvalue weighted by atomic mass is 16.2. The molecule has 3 rings (SSSR count). The molecule has 2 aromatic rings. The summed E-state index contributed by atoms with van der Waals surface area (Å²) in [6.45, 7) is 4.78. The molecule has 140 valence electrons. The highest BCUT2D eigenvalue weighted by molar-refractivity contribution is 6.00. The van der Waals surface area contributed by atoms with Gasteiger partial charge in [0.2, 0.25) is 5.91 Å². The molecule has 0 bridgehead atoms. The van der Waals surface area contributed by atoms with Gasteiger partial charge in [-0.15, -0.1) is 0 Å². The second kappa shape index (κ2) is 8.49. The maximum absolute atomic E-state index is 12.0. The van der Waals surface area contributed by atoms with Crippen LogP contribution in [-0.4, -0.2) is 30.6 Å². The Kier molecular flexibility index (Phi) is 5.86. The molecule has 0 spiro atoms. The maximum Gasteiger partial charge on any atom is 0.259 e. The van der Waals surface area contributed by atoms with E-state index < -0.39 is 0 Å². The normalized spacial score (nSPS) is 14.4. The van der Waals surface area contributed by atoms with Crippen LogP contribution in [0.2, 0.25) is 0 Å². The smallest absolute Gasteiger partial charge is 0.259 e. The lowest BCUT2D eigenvalue weighted by atomic mass is 10.1. The number of carbonyl (C=O) groups is 2. The van der Waals surface area contributed by atoms with Gasteiger partial charge < -0.3 is 10.2 Å². The molecule has 1 aliphatic rings. The van der Waals surface area contributed by atoms with Crippen molar-refractivity contribution in [1.82, 2.24) is 5.43 Å². The summed E-state index contributed by atoms with van der Waals surface area (Å²) in [5.41, 5.74) is 7.13. The number of nitrogens with one attached hydrogen (secondary N) is 2. The van der Waals surface area contributed by atoms with E-state index in [-0.39, 0.29) is 18.4 Å². The van der Waals surface area contributed by atoms with E-state index in [1.165, 1.54) is 5.56 Å². The highest BCUT2D eigenvalue weighted by Gasteiger charge is 2.21. The number of amides is 2. The molecular formula is C21H24N4O2. The van der Waals surface area contributed by atoms with Gasteiger partial charge in [-0.1, -0.05) is 29.8 Å². The Morgan fingerprint density at radius 3 is 2.44 bits per heavy atom. The first kappa shape index (κ1) is 18.6. The van der Waals surface area contributed by atoms with Crippen molar-refractivity contribution in [1.29, 1.82) is 0 Å². The van der Waals surface area contributed by atoms with Gasteiger partial charge in [-0.3, -0.25) is 9.59 Å². The quantitative estimate of drug-likeness (QED) is 0.611. The molecule has 0 atom stereocenters. The average Bonchev–Trinajstić information content (AvgIpc) is 3.11. The number of hydrogen-bond donors (Lipinski definition) is 2. The summed E-state index contributed by atoms with van der Waals surface area (Å²) in [7, 11) is 0. The summed E-state index contributed by atoms with van der Waals surface area (Å²) in [6, 6.07) is 15.5. The minimum Gasteiger partial charge on any atom is -0.376 e. The van der Waals surface area contributed by atoms with Crippen molar-refractivity contribution in [3.63, 3.8) is 0 Å². The van der Waals surface area contributed by atoms with Gasteiger partial charge in [0.1, 0.15) is 0 Å². The standard InChI is InChI=1S/C21H24N4O2/c1-15-5-9-18(10-6-15)22-14-20(26)24-23-16(2)17-7-11-19(12-8-17)25-13-3-4-21(25)27/h5-12,22H,3-4,13-14H2,1-2H3,(H,24,26)/b23-16-. The monoisotopic (exact) mass is 364 g/mol. The fourth-order valence-electron chi connectivity index (χ4n) is 2.91. The van der Waals surface area contributed by atoms with Crippen molar-refractivity contribution in [2.24, 2.45) is 5.10 Å². The Bertz CT molecular complexity index is 841. The zero-order valence-corrected chi connectivity index (χ0v) is 15.7. The zero-order valence-electron chi connectivity index (χ0n) is 15.7. The summed E-state index contributed by atoms with van der Waals surface area (Å²) < 4.78 is 0. The molecule has 2 N–H and O–H groups in total. The van der Waals surface area contributed by atoms with E-state index >= 15 is 0 Å². The molecule has 1 fully saturated rings. The van der Waals surface area contributed by atoms with Gasteiger partial charge in [0, 0.05) is 24.3 Å². The van der Waals surface area contributed by atoms with Crippen molar-refractivity contribution in [3.05, 3.63) is 59.7 Å². The number of anilines is 2. The number of benzene rings is 2. The van der Waals surface area contributed by atoms with Crippen LogP contribution in [0, 0.1) is 6.92 Å². The Hall–Kier alpha value is -3.15. The molecule has 1 aliphatic heterocycles. The summed E-state index contributed by atoms with van der Waals surface area (Å²) in [5, 5.41) is 7.22. The number of hydrogen-bond acceptors (Lipinski definition) is 4. The second-order valence-electron chi connectivity index (χ2n) is 6.65. The predicted octanol–water partition coefficient (Wildman–Crippen LogP) is 3.07. The summed E-state index contributed by atoms with van der Waals surface area (Å²) >= 11 is 0. The molecule has 0 saturated carbocycles. The number of aryl methyl sites for hydroxylation is 1.